The van der Waals surface area contributed by atoms with Gasteiger partial charge in [0.25, 0.3) is 5.91 Å². The number of piperidine rings is 1. The van der Waals surface area contributed by atoms with Crippen LogP contribution in [-0.4, -0.2) is 59.9 Å². The van der Waals surface area contributed by atoms with Gasteiger partial charge in [-0.3, -0.25) is 24.6 Å². The molecule has 5 rings (SSSR count). The first kappa shape index (κ1) is 19.3. The maximum atomic E-state index is 13.0. The van der Waals surface area contributed by atoms with Crippen molar-refractivity contribution in [2.45, 2.75) is 38.5 Å². The van der Waals surface area contributed by atoms with Crippen LogP contribution in [0.25, 0.3) is 0 Å². The van der Waals surface area contributed by atoms with Crippen LogP contribution in [-0.2, 0) is 33.9 Å². The summed E-state index contributed by atoms with van der Waals surface area (Å²) in [7, 11) is 0. The number of nitrogens with one attached hydrogen (secondary N) is 2. The monoisotopic (exact) mass is 450 g/mol. The van der Waals surface area contributed by atoms with E-state index in [1.54, 1.807) is 15.9 Å². The predicted octanol–water partition coefficient (Wildman–Crippen LogP) is 1.89. The molecule has 2 N–H and O–H groups in total. The summed E-state index contributed by atoms with van der Waals surface area (Å²) in [6.07, 6.45) is 0.554. The van der Waals surface area contributed by atoms with Gasteiger partial charge >= 0.3 is 0 Å². The molecule has 0 aliphatic carbocycles. The Morgan fingerprint density at radius 2 is 1.82 bits per heavy atom. The van der Waals surface area contributed by atoms with Gasteiger partial charge in [0, 0.05) is 58.7 Å². The van der Waals surface area contributed by atoms with Gasteiger partial charge in [0.05, 0.1) is 13.2 Å². The van der Waals surface area contributed by atoms with Crippen molar-refractivity contribution >= 4 is 23.4 Å². The maximum Gasteiger partial charge on any atom is 0.255 e. The summed E-state index contributed by atoms with van der Waals surface area (Å²) < 4.78 is 22.4. The van der Waals surface area contributed by atoms with E-state index in [-0.39, 0.29) is 18.2 Å². The topological polar surface area (TPSA) is 91.0 Å². The summed E-state index contributed by atoms with van der Waals surface area (Å²) in [6.45, 7) is 1.44. The second kappa shape index (κ2) is 9.33. The molecule has 3 aliphatic rings. The highest BCUT2D eigenvalue weighted by Gasteiger charge is 2.39. The van der Waals surface area contributed by atoms with Gasteiger partial charge in [0.15, 0.2) is 0 Å². The van der Waals surface area contributed by atoms with E-state index in [2.05, 4.69) is 10.6 Å². The van der Waals surface area contributed by atoms with Gasteiger partial charge in [0.1, 0.15) is 6.04 Å². The van der Waals surface area contributed by atoms with Crippen LogP contribution in [0.2, 0.25) is 0 Å². The summed E-state index contributed by atoms with van der Waals surface area (Å²) in [5.41, 5.74) is 3.80. The van der Waals surface area contributed by atoms with E-state index in [1.807, 2.05) is 36.4 Å². The van der Waals surface area contributed by atoms with Gasteiger partial charge in [0.2, 0.25) is 11.8 Å². The van der Waals surface area contributed by atoms with Gasteiger partial charge in [-0.2, -0.15) is 0 Å². The van der Waals surface area contributed by atoms with Crippen LogP contribution in [0.15, 0.2) is 42.5 Å². The molecule has 0 aromatic heterocycles. The molecule has 3 heterocycles. The zero-order chi connectivity index (χ0) is 24.6. The van der Waals surface area contributed by atoms with E-state index < -0.39 is 18.4 Å². The minimum Gasteiger partial charge on any atom is -0.381 e. The normalized spacial score (nSPS) is 22.5. The Balaban J connectivity index is 1.26. The minimum atomic E-state index is -1.56. The molecule has 2 fully saturated rings. The van der Waals surface area contributed by atoms with Crippen molar-refractivity contribution < 1.29 is 21.9 Å². The molecular formula is C25H28N4O4. The lowest BCUT2D eigenvalue weighted by Crippen LogP contribution is -2.52. The van der Waals surface area contributed by atoms with Crippen molar-refractivity contribution in [2.24, 2.45) is 0 Å². The maximum absolute atomic E-state index is 13.0. The molecule has 0 unspecified atom stereocenters. The van der Waals surface area contributed by atoms with Crippen molar-refractivity contribution in [3.05, 3.63) is 64.7 Å². The average molecular weight is 451 g/mol. The van der Waals surface area contributed by atoms with Crippen molar-refractivity contribution in [3.63, 3.8) is 0 Å². The van der Waals surface area contributed by atoms with E-state index in [9.17, 15) is 14.4 Å². The summed E-state index contributed by atoms with van der Waals surface area (Å²) in [5, 5.41) is 5.72. The standard InChI is InChI=1S/C25H28N4O4/c30-23-9-8-22(24(31)27-23)29-16-20-19(25(29)32)2-1-3-21(20)26-14-17-4-6-18(7-5-17)15-28-10-12-33-13-11-28/h1-7,22,26H,8-16H2,(H,27,30,31)/t22-/m0/s1/i15D2. The predicted molar refractivity (Wildman–Crippen MR) is 122 cm³/mol. The fraction of sp³-hybridized carbons (Fsp3) is 0.400. The molecule has 0 spiro atoms. The Kier molecular flexibility index (Phi) is 5.44. The molecule has 33 heavy (non-hydrogen) atoms. The Morgan fingerprint density at radius 1 is 1.06 bits per heavy atom. The van der Waals surface area contributed by atoms with Crippen molar-refractivity contribution in [1.29, 1.82) is 0 Å². The number of rotatable bonds is 6. The van der Waals surface area contributed by atoms with Gasteiger partial charge < -0.3 is 15.0 Å². The first-order valence-electron chi connectivity index (χ1n) is 12.3. The number of carbonyl (C=O) groups is 3. The van der Waals surface area contributed by atoms with Gasteiger partial charge in [-0.25, -0.2) is 0 Å². The lowest BCUT2D eigenvalue weighted by atomic mass is 10.0. The van der Waals surface area contributed by atoms with Crippen LogP contribution in [0.5, 0.6) is 0 Å². The third kappa shape index (κ3) is 4.62. The number of benzene rings is 2. The molecule has 2 saturated heterocycles. The Labute approximate surface area is 195 Å². The summed E-state index contributed by atoms with van der Waals surface area (Å²) in [4.78, 5) is 40.1. The van der Waals surface area contributed by atoms with Gasteiger partial charge in [-0.05, 0) is 29.7 Å². The molecule has 2 aromatic rings. The van der Waals surface area contributed by atoms with Crippen LogP contribution < -0.4 is 10.6 Å². The van der Waals surface area contributed by atoms with Crippen LogP contribution in [0.1, 0.15) is 42.6 Å². The molecule has 0 saturated carbocycles. The molecule has 3 amide bonds. The van der Waals surface area contributed by atoms with Crippen LogP contribution in [0.4, 0.5) is 5.69 Å². The largest absolute Gasteiger partial charge is 0.381 e. The SMILES string of the molecule is [2H]C([2H])(c1ccc(CNc2cccc3c2CN([C@H]2CCC(=O)NC2=O)C3=O)cc1)N1CCOCC1. The minimum absolute atomic E-state index is 0.201. The number of carbonyl (C=O) groups excluding carboxylic acids is 3. The number of ether oxygens (including phenoxy) is 1. The first-order chi connectivity index (χ1) is 16.8. The van der Waals surface area contributed by atoms with E-state index in [1.165, 1.54) is 0 Å². The van der Waals surface area contributed by atoms with E-state index in [4.69, 9.17) is 7.48 Å². The third-order valence-electron chi connectivity index (χ3n) is 6.32. The Bertz CT molecular complexity index is 1150. The lowest BCUT2D eigenvalue weighted by Gasteiger charge is -2.29. The molecule has 1 atom stereocenters. The quantitative estimate of drug-likeness (QED) is 0.654. The number of hydrogen-bond acceptors (Lipinski definition) is 6. The third-order valence-corrected chi connectivity index (χ3v) is 6.32. The molecule has 172 valence electrons. The number of nitrogens with zero attached hydrogens (tertiary/aromatic N) is 2. The number of hydrogen-bond donors (Lipinski definition) is 2. The number of imide groups is 1. The Hall–Kier alpha value is -3.23. The summed E-state index contributed by atoms with van der Waals surface area (Å²) >= 11 is 0. The van der Waals surface area contributed by atoms with Crippen LogP contribution in [0.3, 0.4) is 0 Å². The molecule has 2 aromatic carbocycles. The van der Waals surface area contributed by atoms with Gasteiger partial charge in [-0.15, -0.1) is 0 Å². The number of amides is 3. The zero-order valence-corrected chi connectivity index (χ0v) is 18.3. The Morgan fingerprint density at radius 3 is 2.58 bits per heavy atom. The number of fused-ring (bicyclic) bond motifs is 1. The van der Waals surface area contributed by atoms with Crippen molar-refractivity contribution in [1.82, 2.24) is 15.1 Å². The summed E-state index contributed by atoms with van der Waals surface area (Å²) in [6, 6.07) is 12.3. The van der Waals surface area contributed by atoms with Crippen LogP contribution in [0, 0.1) is 0 Å². The fourth-order valence-corrected chi connectivity index (χ4v) is 4.50. The first-order valence-corrected chi connectivity index (χ1v) is 11.3. The fourth-order valence-electron chi connectivity index (χ4n) is 4.50. The number of anilines is 1. The highest BCUT2D eigenvalue weighted by Crippen LogP contribution is 2.32. The average Bonchev–Trinajstić information content (AvgIpc) is 3.20. The molecule has 8 nitrogen and oxygen atoms in total. The highest BCUT2D eigenvalue weighted by atomic mass is 16.5. The van der Waals surface area contributed by atoms with Crippen molar-refractivity contribution in [3.8, 4) is 0 Å². The highest BCUT2D eigenvalue weighted by molar-refractivity contribution is 6.06. The van der Waals surface area contributed by atoms with Crippen molar-refractivity contribution in [2.75, 3.05) is 31.6 Å². The smallest absolute Gasteiger partial charge is 0.255 e. The van der Waals surface area contributed by atoms with Crippen LogP contribution >= 0.6 is 0 Å². The molecular weight excluding hydrogens is 420 g/mol. The molecule has 0 radical (unpaired) electrons. The zero-order valence-electron chi connectivity index (χ0n) is 20.3. The molecule has 3 aliphatic heterocycles. The molecule has 0 bridgehead atoms. The molecule has 8 heteroatoms. The van der Waals surface area contributed by atoms with Gasteiger partial charge in [-0.1, -0.05) is 30.3 Å². The summed E-state index contributed by atoms with van der Waals surface area (Å²) in [5.74, 6) is -0.927. The lowest BCUT2D eigenvalue weighted by molar-refractivity contribution is -0.136. The number of morpholine rings is 1. The second-order valence-corrected chi connectivity index (χ2v) is 8.49. The van der Waals surface area contributed by atoms with E-state index in [0.717, 1.165) is 16.8 Å². The second-order valence-electron chi connectivity index (χ2n) is 8.49. The van der Waals surface area contributed by atoms with E-state index in [0.29, 0.717) is 56.9 Å². The van der Waals surface area contributed by atoms with E-state index >= 15 is 0 Å².